The van der Waals surface area contributed by atoms with Crippen LogP contribution >= 0.6 is 0 Å². The highest BCUT2D eigenvalue weighted by molar-refractivity contribution is 5.99. The van der Waals surface area contributed by atoms with Crippen LogP contribution < -0.4 is 10.6 Å². The molecule has 26 heavy (non-hydrogen) atoms. The summed E-state index contributed by atoms with van der Waals surface area (Å²) in [4.78, 5) is 33.0. The third kappa shape index (κ3) is 3.17. The van der Waals surface area contributed by atoms with Gasteiger partial charge in [0.1, 0.15) is 6.04 Å². The van der Waals surface area contributed by atoms with Crippen LogP contribution in [-0.2, 0) is 0 Å². The van der Waals surface area contributed by atoms with Crippen molar-refractivity contribution >= 4 is 11.8 Å². The zero-order valence-electron chi connectivity index (χ0n) is 14.2. The van der Waals surface area contributed by atoms with Crippen LogP contribution in [-0.4, -0.2) is 39.0 Å². The minimum atomic E-state index is -0.393. The van der Waals surface area contributed by atoms with E-state index >= 15 is 0 Å². The maximum absolute atomic E-state index is 12.4. The van der Waals surface area contributed by atoms with Crippen LogP contribution in [0.15, 0.2) is 36.7 Å². The van der Waals surface area contributed by atoms with Gasteiger partial charge in [0, 0.05) is 24.0 Å². The number of amides is 2. The van der Waals surface area contributed by atoms with Gasteiger partial charge in [0.15, 0.2) is 5.82 Å². The Labute approximate surface area is 150 Å². The van der Waals surface area contributed by atoms with E-state index in [-0.39, 0.29) is 24.0 Å². The topological polar surface area (TPSA) is 104 Å². The van der Waals surface area contributed by atoms with Crippen LogP contribution in [0.4, 0.5) is 0 Å². The molecule has 1 aliphatic carbocycles. The fourth-order valence-electron chi connectivity index (χ4n) is 3.54. The molecule has 1 fully saturated rings. The normalized spacial score (nSPS) is 24.7. The van der Waals surface area contributed by atoms with E-state index in [9.17, 15) is 14.7 Å². The summed E-state index contributed by atoms with van der Waals surface area (Å²) >= 11 is 0. The van der Waals surface area contributed by atoms with E-state index in [1.807, 2.05) is 18.2 Å². The molecule has 0 radical (unpaired) electrons. The summed E-state index contributed by atoms with van der Waals surface area (Å²) < 4.78 is 0. The summed E-state index contributed by atoms with van der Waals surface area (Å²) in [5.74, 6) is 0.102. The minimum Gasteiger partial charge on any atom is -0.393 e. The molecule has 0 spiro atoms. The lowest BCUT2D eigenvalue weighted by Gasteiger charge is -2.26. The molecule has 1 aliphatic heterocycles. The van der Waals surface area contributed by atoms with Crippen molar-refractivity contribution in [2.75, 3.05) is 0 Å². The number of aromatic nitrogens is 2. The molecule has 2 aromatic rings. The van der Waals surface area contributed by atoms with E-state index in [2.05, 4.69) is 20.6 Å². The second kappa shape index (κ2) is 6.84. The second-order valence-corrected chi connectivity index (χ2v) is 6.80. The van der Waals surface area contributed by atoms with Crippen molar-refractivity contribution < 1.29 is 14.7 Å². The summed E-state index contributed by atoms with van der Waals surface area (Å²) in [6, 6.07) is 7.02. The van der Waals surface area contributed by atoms with Gasteiger partial charge >= 0.3 is 0 Å². The van der Waals surface area contributed by atoms with Crippen molar-refractivity contribution in [3.8, 4) is 0 Å². The lowest BCUT2D eigenvalue weighted by atomic mass is 9.93. The Hall–Kier alpha value is -2.80. The van der Waals surface area contributed by atoms with Gasteiger partial charge in [-0.25, -0.2) is 9.97 Å². The number of carbonyl (C=O) groups is 2. The first-order valence-corrected chi connectivity index (χ1v) is 8.82. The van der Waals surface area contributed by atoms with Crippen molar-refractivity contribution in [2.24, 2.45) is 0 Å². The van der Waals surface area contributed by atoms with Gasteiger partial charge in [0.2, 0.25) is 0 Å². The number of benzene rings is 1. The van der Waals surface area contributed by atoms with Crippen molar-refractivity contribution in [1.29, 1.82) is 0 Å². The molecule has 134 valence electrons. The van der Waals surface area contributed by atoms with E-state index in [4.69, 9.17) is 0 Å². The molecule has 2 aliphatic rings. The smallest absolute Gasteiger partial charge is 0.254 e. The number of fused-ring (bicyclic) bond motifs is 1. The van der Waals surface area contributed by atoms with Gasteiger partial charge in [-0.05, 0) is 37.3 Å². The monoisotopic (exact) mass is 352 g/mol. The van der Waals surface area contributed by atoms with Crippen LogP contribution in [0.2, 0.25) is 0 Å². The minimum absolute atomic E-state index is 0.0755. The van der Waals surface area contributed by atoms with E-state index in [1.165, 1.54) is 12.4 Å². The van der Waals surface area contributed by atoms with Crippen LogP contribution in [0, 0.1) is 0 Å². The van der Waals surface area contributed by atoms with Gasteiger partial charge in [0.25, 0.3) is 11.8 Å². The van der Waals surface area contributed by atoms with E-state index < -0.39 is 6.04 Å². The van der Waals surface area contributed by atoms with Gasteiger partial charge in [-0.3, -0.25) is 9.59 Å². The number of aliphatic hydroxyl groups excluding tert-OH is 1. The molecule has 1 saturated carbocycles. The van der Waals surface area contributed by atoms with Crippen LogP contribution in [0.25, 0.3) is 0 Å². The first-order valence-electron chi connectivity index (χ1n) is 8.82. The summed E-state index contributed by atoms with van der Waals surface area (Å²) in [6.07, 6.45) is 5.69. The largest absolute Gasteiger partial charge is 0.393 e. The van der Waals surface area contributed by atoms with Gasteiger partial charge in [0.05, 0.1) is 11.7 Å². The van der Waals surface area contributed by atoms with Crippen LogP contribution in [0.1, 0.15) is 63.8 Å². The van der Waals surface area contributed by atoms with E-state index in [0.717, 1.165) is 18.4 Å². The zero-order valence-corrected chi connectivity index (χ0v) is 14.2. The van der Waals surface area contributed by atoms with Crippen LogP contribution in [0.3, 0.4) is 0 Å². The van der Waals surface area contributed by atoms with Gasteiger partial charge in [-0.2, -0.15) is 0 Å². The lowest BCUT2D eigenvalue weighted by molar-refractivity contribution is 0.0866. The molecule has 4 rings (SSSR count). The Morgan fingerprint density at radius 2 is 1.81 bits per heavy atom. The van der Waals surface area contributed by atoms with Crippen molar-refractivity contribution in [1.82, 2.24) is 20.6 Å². The molecule has 3 N–H and O–H groups in total. The summed E-state index contributed by atoms with van der Waals surface area (Å²) in [5, 5.41) is 15.4. The van der Waals surface area contributed by atoms with Crippen molar-refractivity contribution in [3.05, 3.63) is 59.2 Å². The van der Waals surface area contributed by atoms with Crippen LogP contribution in [0.5, 0.6) is 0 Å². The first kappa shape index (κ1) is 16.7. The Morgan fingerprint density at radius 1 is 1.12 bits per heavy atom. The maximum Gasteiger partial charge on any atom is 0.254 e. The molecule has 1 aromatic heterocycles. The highest BCUT2D eigenvalue weighted by Crippen LogP contribution is 2.28. The van der Waals surface area contributed by atoms with Gasteiger partial charge in [-0.1, -0.05) is 18.2 Å². The highest BCUT2D eigenvalue weighted by Gasteiger charge is 2.31. The fourth-order valence-corrected chi connectivity index (χ4v) is 3.54. The molecule has 2 amide bonds. The number of aliphatic hydroxyl groups is 1. The molecule has 0 saturated heterocycles. The number of nitrogens with one attached hydrogen (secondary N) is 2. The Balaban J connectivity index is 1.46. The molecular formula is C19H20N4O3. The Kier molecular flexibility index (Phi) is 4.38. The number of nitrogens with zero attached hydrogens (tertiary/aromatic N) is 2. The number of hydrogen-bond acceptors (Lipinski definition) is 5. The predicted octanol–water partition coefficient (Wildman–Crippen LogP) is 1.34. The standard InChI is InChI=1S/C19H20N4O3/c24-13-7-5-12(6-8-13)22-18(25)11-9-20-17(21-10-11)16-14-3-1-2-4-15(14)19(26)23-16/h1-4,9-10,12-13,16,24H,5-8H2,(H,22,25)(H,23,26). The average Bonchev–Trinajstić information content (AvgIpc) is 3.01. The van der Waals surface area contributed by atoms with E-state index in [1.54, 1.807) is 6.07 Å². The maximum atomic E-state index is 12.4. The molecule has 2 heterocycles. The predicted molar refractivity (Wildman–Crippen MR) is 93.5 cm³/mol. The van der Waals surface area contributed by atoms with Gasteiger partial charge < -0.3 is 15.7 Å². The molecule has 7 heteroatoms. The van der Waals surface area contributed by atoms with Crippen molar-refractivity contribution in [3.63, 3.8) is 0 Å². The number of rotatable bonds is 3. The lowest BCUT2D eigenvalue weighted by Crippen LogP contribution is -2.38. The molecular weight excluding hydrogens is 332 g/mol. The number of hydrogen-bond donors (Lipinski definition) is 3. The van der Waals surface area contributed by atoms with Gasteiger partial charge in [-0.15, -0.1) is 0 Å². The highest BCUT2D eigenvalue weighted by atomic mass is 16.3. The fraction of sp³-hybridized carbons (Fsp3) is 0.368. The van der Waals surface area contributed by atoms with Crippen molar-refractivity contribution in [2.45, 2.75) is 43.9 Å². The number of carbonyl (C=O) groups excluding carboxylic acids is 2. The third-order valence-electron chi connectivity index (χ3n) is 5.02. The molecule has 1 unspecified atom stereocenters. The third-order valence-corrected chi connectivity index (χ3v) is 5.02. The summed E-state index contributed by atoms with van der Waals surface area (Å²) in [7, 11) is 0. The SMILES string of the molecule is O=C(NC1CCC(O)CC1)c1cnc(C2NC(=O)c3ccccc32)nc1. The zero-order chi connectivity index (χ0) is 18.1. The Morgan fingerprint density at radius 3 is 2.54 bits per heavy atom. The Bertz CT molecular complexity index is 829. The molecule has 7 nitrogen and oxygen atoms in total. The molecule has 1 aromatic carbocycles. The average molecular weight is 352 g/mol. The second-order valence-electron chi connectivity index (χ2n) is 6.80. The molecule has 0 bridgehead atoms. The first-order chi connectivity index (χ1) is 12.6. The molecule has 1 atom stereocenters. The summed E-state index contributed by atoms with van der Waals surface area (Å²) in [6.45, 7) is 0. The van der Waals surface area contributed by atoms with E-state index in [0.29, 0.717) is 29.8 Å². The quantitative estimate of drug-likeness (QED) is 0.773. The summed E-state index contributed by atoms with van der Waals surface area (Å²) in [5.41, 5.74) is 1.86.